The van der Waals surface area contributed by atoms with Crippen molar-refractivity contribution in [2.24, 2.45) is 0 Å². The number of hydrogen-bond donors (Lipinski definition) is 1. The van der Waals surface area contributed by atoms with Gasteiger partial charge in [-0.1, -0.05) is 19.9 Å². The van der Waals surface area contributed by atoms with Crippen LogP contribution in [0.3, 0.4) is 0 Å². The van der Waals surface area contributed by atoms with Crippen molar-refractivity contribution in [3.63, 3.8) is 0 Å². The van der Waals surface area contributed by atoms with Crippen molar-refractivity contribution in [3.05, 3.63) is 34.9 Å². The van der Waals surface area contributed by atoms with E-state index in [1.165, 1.54) is 10.8 Å². The summed E-state index contributed by atoms with van der Waals surface area (Å²) in [6.07, 6.45) is 6.13. The van der Waals surface area contributed by atoms with Crippen molar-refractivity contribution in [1.82, 2.24) is 9.55 Å². The van der Waals surface area contributed by atoms with Crippen LogP contribution in [0.1, 0.15) is 45.8 Å². The predicted octanol–water partition coefficient (Wildman–Crippen LogP) is 1.78. The van der Waals surface area contributed by atoms with Crippen molar-refractivity contribution < 1.29 is 19.1 Å². The number of amides is 1. The molecule has 0 saturated heterocycles. The summed E-state index contributed by atoms with van der Waals surface area (Å²) in [5, 5.41) is 2.58. The fourth-order valence-electron chi connectivity index (χ4n) is 2.30. The largest absolute Gasteiger partial charge is 0.463 e. The Balaban J connectivity index is 1.92. The first-order chi connectivity index (χ1) is 12.0. The van der Waals surface area contributed by atoms with E-state index >= 15 is 0 Å². The van der Waals surface area contributed by atoms with Gasteiger partial charge in [0.05, 0.1) is 0 Å². The van der Waals surface area contributed by atoms with Gasteiger partial charge in [-0.2, -0.15) is 4.98 Å². The number of ether oxygens (including phenoxy) is 2. The average Bonchev–Trinajstić information content (AvgIpc) is 3.02. The van der Waals surface area contributed by atoms with Gasteiger partial charge in [0.1, 0.15) is 18.5 Å². The summed E-state index contributed by atoms with van der Waals surface area (Å²) < 4.78 is 12.1. The first-order valence-corrected chi connectivity index (χ1v) is 8.42. The normalized spacial score (nSPS) is 19.0. The van der Waals surface area contributed by atoms with E-state index in [-0.39, 0.29) is 24.3 Å². The van der Waals surface area contributed by atoms with Gasteiger partial charge in [-0.05, 0) is 25.0 Å². The summed E-state index contributed by atoms with van der Waals surface area (Å²) in [7, 11) is 0. The van der Waals surface area contributed by atoms with Gasteiger partial charge in [0, 0.05) is 19.0 Å². The molecule has 25 heavy (non-hydrogen) atoms. The SMILES string of the molecule is CCCC(=O)Nc1ccn([C@H]2C=C[C@@H](COC(=O)CCC)O2)c(=O)n1. The molecule has 2 heterocycles. The number of carbonyl (C=O) groups is 2. The van der Waals surface area contributed by atoms with E-state index in [1.54, 1.807) is 18.2 Å². The third kappa shape index (κ3) is 5.53. The Bertz CT molecular complexity index is 698. The number of esters is 1. The van der Waals surface area contributed by atoms with Crippen LogP contribution in [0.15, 0.2) is 29.2 Å². The zero-order valence-electron chi connectivity index (χ0n) is 14.4. The molecule has 0 radical (unpaired) electrons. The molecule has 8 nitrogen and oxygen atoms in total. The molecule has 0 spiro atoms. The van der Waals surface area contributed by atoms with E-state index in [4.69, 9.17) is 9.47 Å². The van der Waals surface area contributed by atoms with Crippen molar-refractivity contribution in [2.75, 3.05) is 11.9 Å². The topological polar surface area (TPSA) is 99.5 Å². The lowest BCUT2D eigenvalue weighted by atomic mass is 10.3. The third-order valence-electron chi connectivity index (χ3n) is 3.52. The molecular weight excluding hydrogens is 326 g/mol. The lowest BCUT2D eigenvalue weighted by Gasteiger charge is -2.16. The van der Waals surface area contributed by atoms with Crippen LogP contribution in [0.25, 0.3) is 0 Å². The minimum atomic E-state index is -0.615. The molecule has 1 aromatic rings. The number of nitrogens with zero attached hydrogens (tertiary/aromatic N) is 2. The molecule has 0 aromatic carbocycles. The summed E-state index contributed by atoms with van der Waals surface area (Å²) in [6, 6.07) is 1.54. The Morgan fingerprint density at radius 3 is 2.72 bits per heavy atom. The van der Waals surface area contributed by atoms with Crippen LogP contribution in [-0.2, 0) is 19.1 Å². The van der Waals surface area contributed by atoms with Crippen LogP contribution >= 0.6 is 0 Å². The smallest absolute Gasteiger partial charge is 0.351 e. The zero-order valence-corrected chi connectivity index (χ0v) is 14.4. The van der Waals surface area contributed by atoms with Crippen LogP contribution in [0.5, 0.6) is 0 Å². The van der Waals surface area contributed by atoms with E-state index in [2.05, 4.69) is 10.3 Å². The monoisotopic (exact) mass is 349 g/mol. The number of hydrogen-bond acceptors (Lipinski definition) is 6. The lowest BCUT2D eigenvalue weighted by molar-refractivity contribution is -0.147. The fraction of sp³-hybridized carbons (Fsp3) is 0.529. The van der Waals surface area contributed by atoms with Gasteiger partial charge < -0.3 is 14.8 Å². The summed E-state index contributed by atoms with van der Waals surface area (Å²) in [5.74, 6) is -0.237. The Morgan fingerprint density at radius 1 is 1.28 bits per heavy atom. The van der Waals surface area contributed by atoms with Crippen LogP contribution in [0.2, 0.25) is 0 Å². The Hall–Kier alpha value is -2.48. The maximum Gasteiger partial charge on any atom is 0.351 e. The number of anilines is 1. The number of carbonyl (C=O) groups excluding carboxylic acids is 2. The minimum Gasteiger partial charge on any atom is -0.463 e. The summed E-state index contributed by atoms with van der Waals surface area (Å²) >= 11 is 0. The highest BCUT2D eigenvalue weighted by Crippen LogP contribution is 2.20. The highest BCUT2D eigenvalue weighted by atomic mass is 16.6. The van der Waals surface area contributed by atoms with Gasteiger partial charge >= 0.3 is 11.7 Å². The second-order valence-corrected chi connectivity index (χ2v) is 5.68. The molecule has 0 saturated carbocycles. The van der Waals surface area contributed by atoms with E-state index in [0.29, 0.717) is 19.3 Å². The van der Waals surface area contributed by atoms with Crippen molar-refractivity contribution in [2.45, 2.75) is 51.9 Å². The Labute approximate surface area is 145 Å². The molecule has 0 aliphatic carbocycles. The standard InChI is InChI=1S/C17H23N3O5/c1-3-5-14(21)18-13-9-10-20(17(23)19-13)15-8-7-12(25-15)11-24-16(22)6-4-2/h7-10,12,15H,3-6,11H2,1-2H3,(H,18,19,21,23)/t12-,15+/m0/s1. The van der Waals surface area contributed by atoms with E-state index in [1.807, 2.05) is 13.8 Å². The van der Waals surface area contributed by atoms with Crippen LogP contribution < -0.4 is 11.0 Å². The second kappa shape index (κ2) is 9.12. The van der Waals surface area contributed by atoms with Crippen LogP contribution in [0.4, 0.5) is 5.82 Å². The maximum atomic E-state index is 12.1. The summed E-state index contributed by atoms with van der Waals surface area (Å²) in [4.78, 5) is 38.9. The molecule has 8 heteroatoms. The Kier molecular flexibility index (Phi) is 6.88. The minimum absolute atomic E-state index is 0.110. The van der Waals surface area contributed by atoms with Crippen LogP contribution in [-0.4, -0.2) is 34.1 Å². The highest BCUT2D eigenvalue weighted by Gasteiger charge is 2.23. The number of rotatable bonds is 8. The number of nitrogens with one attached hydrogen (secondary N) is 1. The second-order valence-electron chi connectivity index (χ2n) is 5.68. The lowest BCUT2D eigenvalue weighted by Crippen LogP contribution is -2.29. The molecule has 1 aromatic heterocycles. The molecule has 136 valence electrons. The zero-order chi connectivity index (χ0) is 18.2. The van der Waals surface area contributed by atoms with Gasteiger partial charge in [0.25, 0.3) is 0 Å². The van der Waals surface area contributed by atoms with Gasteiger partial charge in [0.15, 0.2) is 6.23 Å². The first-order valence-electron chi connectivity index (χ1n) is 8.42. The molecule has 1 N–H and O–H groups in total. The predicted molar refractivity (Wildman–Crippen MR) is 91.0 cm³/mol. The molecular formula is C17H23N3O5. The molecule has 0 bridgehead atoms. The molecule has 2 rings (SSSR count). The molecule has 1 amide bonds. The van der Waals surface area contributed by atoms with E-state index < -0.39 is 18.0 Å². The van der Waals surface area contributed by atoms with E-state index in [0.717, 1.165) is 6.42 Å². The van der Waals surface area contributed by atoms with Crippen LogP contribution in [0, 0.1) is 0 Å². The van der Waals surface area contributed by atoms with Crippen molar-refractivity contribution >= 4 is 17.7 Å². The first kappa shape index (κ1) is 18.9. The summed E-state index contributed by atoms with van der Waals surface area (Å²) in [5.41, 5.74) is -0.535. The molecule has 1 aliphatic heterocycles. The molecule has 2 atom stereocenters. The van der Waals surface area contributed by atoms with Crippen molar-refractivity contribution in [3.8, 4) is 0 Å². The fourth-order valence-corrected chi connectivity index (χ4v) is 2.30. The summed E-state index contributed by atoms with van der Waals surface area (Å²) in [6.45, 7) is 3.90. The molecule has 1 aliphatic rings. The van der Waals surface area contributed by atoms with Crippen molar-refractivity contribution in [1.29, 1.82) is 0 Å². The van der Waals surface area contributed by atoms with Gasteiger partial charge in [-0.3, -0.25) is 14.2 Å². The van der Waals surface area contributed by atoms with E-state index in [9.17, 15) is 14.4 Å². The highest BCUT2D eigenvalue weighted by molar-refractivity contribution is 5.89. The maximum absolute atomic E-state index is 12.1. The molecule has 0 fully saturated rings. The van der Waals surface area contributed by atoms with Gasteiger partial charge in [-0.15, -0.1) is 0 Å². The quantitative estimate of drug-likeness (QED) is 0.567. The van der Waals surface area contributed by atoms with Gasteiger partial charge in [-0.25, -0.2) is 4.79 Å². The Morgan fingerprint density at radius 2 is 2.04 bits per heavy atom. The van der Waals surface area contributed by atoms with Gasteiger partial charge in [0.2, 0.25) is 5.91 Å². The average molecular weight is 349 g/mol. The third-order valence-corrected chi connectivity index (χ3v) is 3.52. The number of aromatic nitrogens is 2. The molecule has 0 unspecified atom stereocenters.